The Morgan fingerprint density at radius 3 is 1.66 bits per heavy atom. The molecule has 1 nitrogen and oxygen atoms in total. The van der Waals surface area contributed by atoms with Crippen LogP contribution >= 0.6 is 0 Å². The van der Waals surface area contributed by atoms with Crippen molar-refractivity contribution in [1.82, 2.24) is 0 Å². The van der Waals surface area contributed by atoms with E-state index in [1.807, 2.05) is 66.7 Å². The molecule has 53 heavy (non-hydrogen) atoms. The standard InChI is InChI=1S/C52H32O/c1-2-14-33(15-3-1)38-28-29-46(41-21-7-6-20-40(38)41)51-44-24-10-8-22-42(44)50(43-23-9-11-25-45(43)51)37-19-12-18-36(30-37)39-26-13-27-48-52(39)47-31-34-16-4-5-17-35(34)32-49(47)53-48/h1-32H/i1D,2D,3D,8D,9D,10D,11D,14D,15D,22D,23D,24D,25D. The first kappa shape index (κ1) is 19.6. The summed E-state index contributed by atoms with van der Waals surface area (Å²) in [5.41, 5.74) is 4.31. The SMILES string of the molecule is [2H]c1c([2H])c([2H])c(-c2ccc(-c3c4c([2H])c([2H])c([2H])c([2H])c4c(-c4cccc(-c5cccc6oc7cc8ccccc8cc7c56)c4)c4c([2H])c([2H])c([2H])c([2H])c34)c3ccccc23)c([2H])c1[2H]. The smallest absolute Gasteiger partial charge is 0.136 e. The Labute approximate surface area is 325 Å². The second kappa shape index (κ2) is 11.8. The van der Waals surface area contributed by atoms with Crippen molar-refractivity contribution in [3.8, 4) is 44.5 Å². The minimum Gasteiger partial charge on any atom is -0.456 e. The molecule has 0 atom stereocenters. The topological polar surface area (TPSA) is 13.1 Å². The van der Waals surface area contributed by atoms with Gasteiger partial charge in [0, 0.05) is 10.8 Å². The molecule has 0 aliphatic rings. The first-order valence-corrected chi connectivity index (χ1v) is 17.2. The van der Waals surface area contributed by atoms with Gasteiger partial charge in [-0.25, -0.2) is 0 Å². The minimum atomic E-state index is -0.542. The van der Waals surface area contributed by atoms with Gasteiger partial charge in [0.1, 0.15) is 11.2 Å². The second-order valence-electron chi connectivity index (χ2n) is 13.0. The van der Waals surface area contributed by atoms with Crippen molar-refractivity contribution in [3.63, 3.8) is 0 Å². The minimum absolute atomic E-state index is 0.0226. The van der Waals surface area contributed by atoms with Crippen LogP contribution in [0.2, 0.25) is 0 Å². The summed E-state index contributed by atoms with van der Waals surface area (Å²) in [5.74, 6) is 0. The summed E-state index contributed by atoms with van der Waals surface area (Å²) in [6, 6.07) is 29.2. The Hall–Kier alpha value is -6.96. The number of hydrogen-bond acceptors (Lipinski definition) is 1. The lowest BCUT2D eigenvalue weighted by Crippen LogP contribution is -1.92. The van der Waals surface area contributed by atoms with Gasteiger partial charge in [-0.05, 0) is 112 Å². The zero-order valence-corrected chi connectivity index (χ0v) is 27.9. The molecule has 0 spiro atoms. The van der Waals surface area contributed by atoms with Crippen molar-refractivity contribution in [1.29, 1.82) is 0 Å². The van der Waals surface area contributed by atoms with E-state index in [-0.39, 0.29) is 38.2 Å². The van der Waals surface area contributed by atoms with Crippen molar-refractivity contribution in [3.05, 3.63) is 194 Å². The van der Waals surface area contributed by atoms with Gasteiger partial charge in [0.15, 0.2) is 0 Å². The van der Waals surface area contributed by atoms with Crippen molar-refractivity contribution < 1.29 is 22.2 Å². The van der Waals surface area contributed by atoms with E-state index in [4.69, 9.17) is 16.8 Å². The second-order valence-corrected chi connectivity index (χ2v) is 13.0. The van der Waals surface area contributed by atoms with E-state index in [1.54, 1.807) is 42.5 Å². The fourth-order valence-electron chi connectivity index (χ4n) is 7.90. The zero-order valence-electron chi connectivity index (χ0n) is 40.9. The molecule has 0 aliphatic heterocycles. The molecule has 0 radical (unpaired) electrons. The first-order valence-electron chi connectivity index (χ1n) is 23.7. The average Bonchev–Trinajstić information content (AvgIpc) is 3.70. The molecule has 246 valence electrons. The molecule has 0 fully saturated rings. The predicted molar refractivity (Wildman–Crippen MR) is 225 cm³/mol. The molecule has 0 saturated carbocycles. The number of benzene rings is 10. The molecule has 11 rings (SSSR count). The van der Waals surface area contributed by atoms with Crippen LogP contribution in [0.25, 0.3) is 110 Å². The fraction of sp³-hybridized carbons (Fsp3) is 0. The normalized spacial score (nSPS) is 15.2. The van der Waals surface area contributed by atoms with Gasteiger partial charge in [-0.15, -0.1) is 0 Å². The van der Waals surface area contributed by atoms with Crippen molar-refractivity contribution in [2.75, 3.05) is 0 Å². The van der Waals surface area contributed by atoms with E-state index in [0.29, 0.717) is 38.6 Å². The van der Waals surface area contributed by atoms with E-state index in [9.17, 15) is 5.48 Å². The monoisotopic (exact) mass is 685 g/mol. The summed E-state index contributed by atoms with van der Waals surface area (Å²) in [4.78, 5) is 0. The molecule has 10 aromatic carbocycles. The van der Waals surface area contributed by atoms with Crippen LogP contribution in [0.4, 0.5) is 0 Å². The molecule has 0 aliphatic carbocycles. The maximum atomic E-state index is 9.56. The Bertz CT molecular complexity index is 3880. The summed E-state index contributed by atoms with van der Waals surface area (Å²) in [7, 11) is 0. The van der Waals surface area contributed by atoms with E-state index < -0.39 is 78.6 Å². The van der Waals surface area contributed by atoms with Crippen molar-refractivity contribution >= 4 is 65.0 Å². The molecule has 0 N–H and O–H groups in total. The van der Waals surface area contributed by atoms with Crippen LogP contribution in [-0.2, 0) is 0 Å². The van der Waals surface area contributed by atoms with Gasteiger partial charge in [0.05, 0.1) is 17.8 Å². The first-order chi connectivity index (χ1) is 31.7. The Morgan fingerprint density at radius 1 is 0.340 bits per heavy atom. The number of furan rings is 1. The quantitative estimate of drug-likeness (QED) is 0.168. The number of rotatable bonds is 4. The lowest BCUT2D eigenvalue weighted by atomic mass is 9.83. The largest absolute Gasteiger partial charge is 0.456 e. The Balaban J connectivity index is 1.27. The molecular weight excluding hydrogens is 641 g/mol. The van der Waals surface area contributed by atoms with Gasteiger partial charge in [-0.1, -0.05) is 170 Å². The maximum absolute atomic E-state index is 9.56. The lowest BCUT2D eigenvalue weighted by molar-refractivity contribution is 0.669. The lowest BCUT2D eigenvalue weighted by Gasteiger charge is -2.20. The highest BCUT2D eigenvalue weighted by molar-refractivity contribution is 6.24. The van der Waals surface area contributed by atoms with Crippen molar-refractivity contribution in [2.45, 2.75) is 0 Å². The molecule has 1 heterocycles. The van der Waals surface area contributed by atoms with Crippen LogP contribution in [0.15, 0.2) is 198 Å². The molecule has 1 aromatic heterocycles. The van der Waals surface area contributed by atoms with Crippen LogP contribution in [-0.4, -0.2) is 0 Å². The van der Waals surface area contributed by atoms with Crippen LogP contribution in [0, 0.1) is 0 Å². The highest BCUT2D eigenvalue weighted by atomic mass is 16.3. The third-order valence-electron chi connectivity index (χ3n) is 10.2. The summed E-state index contributed by atoms with van der Waals surface area (Å²) in [6.45, 7) is 0. The maximum Gasteiger partial charge on any atom is 0.136 e. The van der Waals surface area contributed by atoms with Crippen LogP contribution < -0.4 is 0 Å². The van der Waals surface area contributed by atoms with Crippen LogP contribution in [0.1, 0.15) is 17.8 Å². The third-order valence-corrected chi connectivity index (χ3v) is 10.2. The summed E-state index contributed by atoms with van der Waals surface area (Å²) in [5, 5.41) is 4.86. The van der Waals surface area contributed by atoms with Gasteiger partial charge in [0.25, 0.3) is 0 Å². The highest BCUT2D eigenvalue weighted by Gasteiger charge is 2.20. The van der Waals surface area contributed by atoms with Gasteiger partial charge < -0.3 is 4.42 Å². The summed E-state index contributed by atoms with van der Waals surface area (Å²) < 4.78 is 123. The predicted octanol–water partition coefficient (Wildman–Crippen LogP) is 14.9. The van der Waals surface area contributed by atoms with E-state index >= 15 is 0 Å². The Morgan fingerprint density at radius 2 is 0.925 bits per heavy atom. The van der Waals surface area contributed by atoms with Gasteiger partial charge in [-0.3, -0.25) is 0 Å². The number of hydrogen-bond donors (Lipinski definition) is 0. The summed E-state index contributed by atoms with van der Waals surface area (Å²) >= 11 is 0. The van der Waals surface area contributed by atoms with E-state index in [2.05, 4.69) is 6.07 Å². The molecular formula is C52H32O. The molecule has 0 bridgehead atoms. The van der Waals surface area contributed by atoms with Gasteiger partial charge in [0.2, 0.25) is 0 Å². The summed E-state index contributed by atoms with van der Waals surface area (Å²) in [6.07, 6.45) is 0. The van der Waals surface area contributed by atoms with Crippen LogP contribution in [0.3, 0.4) is 0 Å². The molecule has 11 aromatic rings. The fourth-order valence-corrected chi connectivity index (χ4v) is 7.90. The molecule has 0 saturated heterocycles. The highest BCUT2D eigenvalue weighted by Crippen LogP contribution is 2.47. The van der Waals surface area contributed by atoms with Crippen molar-refractivity contribution in [2.24, 2.45) is 0 Å². The van der Waals surface area contributed by atoms with Gasteiger partial charge >= 0.3 is 0 Å². The zero-order chi connectivity index (χ0) is 46.2. The third kappa shape index (κ3) is 4.64. The average molecular weight is 686 g/mol. The van der Waals surface area contributed by atoms with Crippen LogP contribution in [0.5, 0.6) is 0 Å². The molecule has 0 amide bonds. The number of fused-ring (bicyclic) bond motifs is 7. The molecule has 0 unspecified atom stereocenters. The van der Waals surface area contributed by atoms with E-state index in [1.165, 1.54) is 0 Å². The van der Waals surface area contributed by atoms with Gasteiger partial charge in [-0.2, -0.15) is 0 Å². The van der Waals surface area contributed by atoms with E-state index in [0.717, 1.165) is 32.7 Å². The molecule has 1 heteroatoms. The Kier molecular flexibility index (Phi) is 4.36.